The summed E-state index contributed by atoms with van der Waals surface area (Å²) in [6, 6.07) is 8.89. The average Bonchev–Trinajstić information content (AvgIpc) is 3.14. The van der Waals surface area contributed by atoms with E-state index in [9.17, 15) is 9.18 Å². The van der Waals surface area contributed by atoms with Gasteiger partial charge >= 0.3 is 0 Å². The lowest BCUT2D eigenvalue weighted by Crippen LogP contribution is -2.16. The molecule has 3 rings (SSSR count). The number of halogens is 4. The molecule has 0 saturated carbocycles. The third-order valence-corrected chi connectivity index (χ3v) is 6.07. The summed E-state index contributed by atoms with van der Waals surface area (Å²) in [5, 5.41) is 12.5. The number of carbonyl (C=O) groups is 1. The van der Waals surface area contributed by atoms with Crippen LogP contribution in [-0.4, -0.2) is 26.4 Å². The lowest BCUT2D eigenvalue weighted by atomic mass is 10.3. The van der Waals surface area contributed by atoms with E-state index in [-0.39, 0.29) is 16.7 Å². The highest BCUT2D eigenvalue weighted by Gasteiger charge is 2.20. The first-order chi connectivity index (χ1) is 14.8. The number of para-hydroxylation sites is 1. The summed E-state index contributed by atoms with van der Waals surface area (Å²) in [5.41, 5.74) is 0.368. The van der Waals surface area contributed by atoms with Crippen LogP contribution < -0.4 is 10.1 Å². The smallest absolute Gasteiger partial charge is 0.234 e. The molecule has 1 amide bonds. The molecule has 31 heavy (non-hydrogen) atoms. The number of nitrogens with zero attached hydrogens (tertiary/aromatic N) is 3. The van der Waals surface area contributed by atoms with E-state index in [4.69, 9.17) is 39.5 Å². The summed E-state index contributed by atoms with van der Waals surface area (Å²) in [6.45, 7) is 4.28. The predicted molar refractivity (Wildman–Crippen MR) is 122 cm³/mol. The van der Waals surface area contributed by atoms with Gasteiger partial charge < -0.3 is 14.6 Å². The van der Waals surface area contributed by atoms with Crippen molar-refractivity contribution in [1.82, 2.24) is 14.8 Å². The Morgan fingerprint density at radius 3 is 2.55 bits per heavy atom. The summed E-state index contributed by atoms with van der Waals surface area (Å²) in [4.78, 5) is 12.4. The first-order valence-corrected chi connectivity index (χ1v) is 11.3. The minimum absolute atomic E-state index is 0.0821. The summed E-state index contributed by atoms with van der Waals surface area (Å²) in [5.74, 6) is 0.247. The van der Waals surface area contributed by atoms with Crippen LogP contribution in [0.25, 0.3) is 0 Å². The third kappa shape index (κ3) is 5.83. The predicted octanol–water partition coefficient (Wildman–Crippen LogP) is 6.27. The van der Waals surface area contributed by atoms with Gasteiger partial charge in [-0.1, -0.05) is 52.6 Å². The van der Waals surface area contributed by atoms with Crippen molar-refractivity contribution in [3.05, 3.63) is 63.1 Å². The normalized spacial score (nSPS) is 11.9. The molecule has 1 aromatic heterocycles. The number of rotatable bonds is 8. The molecule has 6 nitrogen and oxygen atoms in total. The minimum atomic E-state index is -0.500. The van der Waals surface area contributed by atoms with Crippen molar-refractivity contribution < 1.29 is 13.9 Å². The second-order valence-corrected chi connectivity index (χ2v) is 8.52. The van der Waals surface area contributed by atoms with Gasteiger partial charge in [0.2, 0.25) is 5.91 Å². The Balaban J connectivity index is 1.67. The number of hydrogen-bond acceptors (Lipinski definition) is 5. The van der Waals surface area contributed by atoms with E-state index in [1.54, 1.807) is 25.1 Å². The van der Waals surface area contributed by atoms with Gasteiger partial charge in [0.05, 0.1) is 26.5 Å². The molecule has 1 heterocycles. The maximum atomic E-state index is 13.2. The molecule has 0 bridgehead atoms. The second-order valence-electron chi connectivity index (χ2n) is 6.35. The van der Waals surface area contributed by atoms with Crippen molar-refractivity contribution in [1.29, 1.82) is 0 Å². The van der Waals surface area contributed by atoms with Gasteiger partial charge in [0.1, 0.15) is 11.6 Å². The molecule has 1 unspecified atom stereocenters. The SMILES string of the molecule is CCn1c(SCC(=O)Nc2c(Cl)cccc2Cl)nnc1C(C)Oc1ccc(F)cc1Cl. The quantitative estimate of drug-likeness (QED) is 0.367. The Morgan fingerprint density at radius 2 is 1.90 bits per heavy atom. The molecule has 2 aromatic carbocycles. The fourth-order valence-electron chi connectivity index (χ4n) is 2.74. The average molecular weight is 504 g/mol. The van der Waals surface area contributed by atoms with Crippen molar-refractivity contribution in [3.63, 3.8) is 0 Å². The number of nitrogens with one attached hydrogen (secondary N) is 1. The zero-order valence-corrected chi connectivity index (χ0v) is 19.6. The Labute approximate surface area is 198 Å². The van der Waals surface area contributed by atoms with Crippen LogP contribution in [0.4, 0.5) is 10.1 Å². The topological polar surface area (TPSA) is 69.0 Å². The number of aromatic nitrogens is 3. The third-order valence-electron chi connectivity index (χ3n) is 4.18. The first-order valence-electron chi connectivity index (χ1n) is 9.21. The molecule has 1 atom stereocenters. The zero-order chi connectivity index (χ0) is 22.5. The lowest BCUT2D eigenvalue weighted by Gasteiger charge is -2.16. The second kappa shape index (κ2) is 10.5. The van der Waals surface area contributed by atoms with Crippen molar-refractivity contribution in [2.24, 2.45) is 0 Å². The van der Waals surface area contributed by atoms with Crippen LogP contribution >= 0.6 is 46.6 Å². The lowest BCUT2D eigenvalue weighted by molar-refractivity contribution is -0.113. The highest BCUT2D eigenvalue weighted by molar-refractivity contribution is 7.99. The number of carbonyl (C=O) groups excluding carboxylic acids is 1. The molecule has 1 N–H and O–H groups in total. The van der Waals surface area contributed by atoms with E-state index in [0.717, 1.165) is 0 Å². The van der Waals surface area contributed by atoms with Crippen molar-refractivity contribution in [2.45, 2.75) is 31.7 Å². The summed E-state index contributed by atoms with van der Waals surface area (Å²) in [7, 11) is 0. The highest BCUT2D eigenvalue weighted by atomic mass is 35.5. The van der Waals surface area contributed by atoms with E-state index in [1.807, 2.05) is 11.5 Å². The largest absolute Gasteiger partial charge is 0.481 e. The van der Waals surface area contributed by atoms with Crippen LogP contribution in [0, 0.1) is 5.82 Å². The van der Waals surface area contributed by atoms with Gasteiger partial charge in [-0.15, -0.1) is 10.2 Å². The van der Waals surface area contributed by atoms with Crippen LogP contribution in [0.15, 0.2) is 41.6 Å². The number of ether oxygens (including phenoxy) is 1. The number of benzene rings is 2. The van der Waals surface area contributed by atoms with Gasteiger partial charge in [-0.2, -0.15) is 0 Å². The summed E-state index contributed by atoms with van der Waals surface area (Å²) >= 11 is 19.4. The van der Waals surface area contributed by atoms with Crippen LogP contribution in [0.3, 0.4) is 0 Å². The van der Waals surface area contributed by atoms with E-state index >= 15 is 0 Å². The number of hydrogen-bond donors (Lipinski definition) is 1. The highest BCUT2D eigenvalue weighted by Crippen LogP contribution is 2.31. The Hall–Kier alpha value is -2.00. The molecule has 0 aliphatic heterocycles. The van der Waals surface area contributed by atoms with Gasteiger partial charge in [0, 0.05) is 6.54 Å². The molecular weight excluding hydrogens is 486 g/mol. The van der Waals surface area contributed by atoms with E-state index in [1.165, 1.54) is 30.0 Å². The van der Waals surface area contributed by atoms with Crippen molar-refractivity contribution in [3.8, 4) is 5.75 Å². The fraction of sp³-hybridized carbons (Fsp3) is 0.250. The Morgan fingerprint density at radius 1 is 1.19 bits per heavy atom. The van der Waals surface area contributed by atoms with Crippen molar-refractivity contribution in [2.75, 3.05) is 11.1 Å². The van der Waals surface area contributed by atoms with Gasteiger partial charge in [-0.3, -0.25) is 4.79 Å². The zero-order valence-electron chi connectivity index (χ0n) is 16.5. The van der Waals surface area contributed by atoms with Crippen LogP contribution in [0.5, 0.6) is 5.75 Å². The molecule has 3 aromatic rings. The monoisotopic (exact) mass is 502 g/mol. The first kappa shape index (κ1) is 23.7. The molecule has 0 spiro atoms. The number of anilines is 1. The molecule has 0 saturated heterocycles. The fourth-order valence-corrected chi connectivity index (χ4v) is 4.25. The summed E-state index contributed by atoms with van der Waals surface area (Å²) in [6.07, 6.45) is -0.500. The molecule has 164 valence electrons. The molecule has 0 fully saturated rings. The molecule has 0 aliphatic rings. The van der Waals surface area contributed by atoms with Crippen molar-refractivity contribution >= 4 is 58.2 Å². The van der Waals surface area contributed by atoms with Gasteiger partial charge in [-0.25, -0.2) is 4.39 Å². The van der Waals surface area contributed by atoms with Crippen LogP contribution in [0.2, 0.25) is 15.1 Å². The molecule has 0 radical (unpaired) electrons. The van der Waals surface area contributed by atoms with E-state index in [2.05, 4.69) is 15.5 Å². The maximum Gasteiger partial charge on any atom is 0.234 e. The Bertz CT molecular complexity index is 1080. The standard InChI is InChI=1S/C20H18Cl3FN4O2S/c1-3-28-19(11(2)30-16-8-7-12(24)9-15(16)23)26-27-20(28)31-10-17(29)25-18-13(21)5-4-6-14(18)22/h4-9,11H,3,10H2,1-2H3,(H,25,29). The Kier molecular flexibility index (Phi) is 8.05. The van der Waals surface area contributed by atoms with Gasteiger partial charge in [0.25, 0.3) is 0 Å². The van der Waals surface area contributed by atoms with Crippen LogP contribution in [-0.2, 0) is 11.3 Å². The molecular formula is C20H18Cl3FN4O2S. The van der Waals surface area contributed by atoms with Gasteiger partial charge in [0.15, 0.2) is 17.1 Å². The van der Waals surface area contributed by atoms with Gasteiger partial charge in [-0.05, 0) is 44.2 Å². The van der Waals surface area contributed by atoms with E-state index in [0.29, 0.717) is 39.0 Å². The van der Waals surface area contributed by atoms with Crippen LogP contribution in [0.1, 0.15) is 25.8 Å². The maximum absolute atomic E-state index is 13.2. The number of thioether (sulfide) groups is 1. The molecule has 11 heteroatoms. The molecule has 0 aliphatic carbocycles. The summed E-state index contributed by atoms with van der Waals surface area (Å²) < 4.78 is 20.9. The minimum Gasteiger partial charge on any atom is -0.481 e. The van der Waals surface area contributed by atoms with E-state index < -0.39 is 11.9 Å². The number of amides is 1.